The summed E-state index contributed by atoms with van der Waals surface area (Å²) < 4.78 is 10.2. The van der Waals surface area contributed by atoms with Gasteiger partial charge in [-0.05, 0) is 30.2 Å². The molecule has 0 atom stereocenters. The smallest absolute Gasteiger partial charge is 0.326 e. The Morgan fingerprint density at radius 2 is 2.07 bits per heavy atom. The van der Waals surface area contributed by atoms with E-state index in [1.807, 2.05) is 19.1 Å². The summed E-state index contributed by atoms with van der Waals surface area (Å²) in [6.45, 7) is 0.638. The number of benzene rings is 2. The molecule has 30 heavy (non-hydrogen) atoms. The van der Waals surface area contributed by atoms with E-state index in [0.29, 0.717) is 5.69 Å². The number of fused-ring (bicyclic) bond motifs is 1. The molecule has 10 heteroatoms. The van der Waals surface area contributed by atoms with E-state index in [2.05, 4.69) is 5.32 Å². The van der Waals surface area contributed by atoms with Gasteiger partial charge in [0.15, 0.2) is 13.2 Å². The standard InChI is InChI=1S/C20H19N3O7/c1-2-13-4-3-5-14(8-13)21-18(24)11-30-20(26)10-22-16-9-15(23(27)28)6-7-17(16)29-12-19(22)25/h3-9H,2,10-12H2,1H3,(H,21,24). The van der Waals surface area contributed by atoms with Gasteiger partial charge in [-0.25, -0.2) is 0 Å². The zero-order valence-corrected chi connectivity index (χ0v) is 16.1. The van der Waals surface area contributed by atoms with Crippen LogP contribution in [0.1, 0.15) is 12.5 Å². The van der Waals surface area contributed by atoms with Gasteiger partial charge in [0.25, 0.3) is 17.5 Å². The number of non-ortho nitro benzene ring substituents is 1. The van der Waals surface area contributed by atoms with Crippen molar-refractivity contribution in [2.45, 2.75) is 13.3 Å². The van der Waals surface area contributed by atoms with Gasteiger partial charge in [0.05, 0.1) is 10.6 Å². The molecule has 2 amide bonds. The first-order valence-corrected chi connectivity index (χ1v) is 9.13. The number of anilines is 2. The molecular formula is C20H19N3O7. The topological polar surface area (TPSA) is 128 Å². The second kappa shape index (κ2) is 9.03. The maximum absolute atomic E-state index is 12.2. The van der Waals surface area contributed by atoms with Crippen LogP contribution in [0.2, 0.25) is 0 Å². The molecule has 0 unspecified atom stereocenters. The van der Waals surface area contributed by atoms with Crippen LogP contribution in [0.4, 0.5) is 17.1 Å². The van der Waals surface area contributed by atoms with E-state index >= 15 is 0 Å². The summed E-state index contributed by atoms with van der Waals surface area (Å²) >= 11 is 0. The molecular weight excluding hydrogens is 394 g/mol. The number of esters is 1. The van der Waals surface area contributed by atoms with Gasteiger partial charge in [-0.2, -0.15) is 0 Å². The first kappa shape index (κ1) is 20.8. The fraction of sp³-hybridized carbons (Fsp3) is 0.250. The molecule has 0 aromatic heterocycles. The lowest BCUT2D eigenvalue weighted by molar-refractivity contribution is -0.384. The first-order valence-electron chi connectivity index (χ1n) is 9.13. The zero-order valence-electron chi connectivity index (χ0n) is 16.1. The molecule has 2 aromatic carbocycles. The maximum Gasteiger partial charge on any atom is 0.326 e. The number of nitrogens with one attached hydrogen (secondary N) is 1. The summed E-state index contributed by atoms with van der Waals surface area (Å²) in [5.74, 6) is -1.68. The van der Waals surface area contributed by atoms with Crippen molar-refractivity contribution in [2.24, 2.45) is 0 Å². The minimum Gasteiger partial charge on any atom is -0.482 e. The number of amides is 2. The van der Waals surface area contributed by atoms with Crippen LogP contribution in [-0.2, 0) is 25.5 Å². The molecule has 1 heterocycles. The molecule has 0 spiro atoms. The average Bonchev–Trinajstić information content (AvgIpc) is 2.74. The van der Waals surface area contributed by atoms with Crippen molar-refractivity contribution in [3.05, 3.63) is 58.1 Å². The summed E-state index contributed by atoms with van der Waals surface area (Å²) in [5.41, 5.74) is 1.47. The number of nitro benzene ring substituents is 1. The molecule has 1 aliphatic heterocycles. The molecule has 10 nitrogen and oxygen atoms in total. The van der Waals surface area contributed by atoms with Gasteiger partial charge in [-0.3, -0.25) is 29.4 Å². The quantitative estimate of drug-likeness (QED) is 0.418. The van der Waals surface area contributed by atoms with Crippen LogP contribution >= 0.6 is 0 Å². The Morgan fingerprint density at radius 1 is 1.27 bits per heavy atom. The lowest BCUT2D eigenvalue weighted by Gasteiger charge is -2.28. The molecule has 1 aliphatic rings. The van der Waals surface area contributed by atoms with Crippen molar-refractivity contribution in [3.8, 4) is 5.75 Å². The van der Waals surface area contributed by atoms with Crippen LogP contribution < -0.4 is 15.0 Å². The lowest BCUT2D eigenvalue weighted by Crippen LogP contribution is -2.42. The molecule has 156 valence electrons. The van der Waals surface area contributed by atoms with Crippen LogP contribution in [0.15, 0.2) is 42.5 Å². The Balaban J connectivity index is 1.60. The van der Waals surface area contributed by atoms with Crippen LogP contribution in [0.5, 0.6) is 5.75 Å². The third-order valence-corrected chi connectivity index (χ3v) is 4.37. The summed E-state index contributed by atoms with van der Waals surface area (Å²) in [5, 5.41) is 13.6. The van der Waals surface area contributed by atoms with Crippen molar-refractivity contribution >= 4 is 34.8 Å². The number of hydrogen-bond donors (Lipinski definition) is 1. The Hall–Kier alpha value is -3.95. The van der Waals surface area contributed by atoms with Gasteiger partial charge in [0, 0.05) is 17.8 Å². The first-order chi connectivity index (χ1) is 14.4. The fourth-order valence-electron chi connectivity index (χ4n) is 2.86. The highest BCUT2D eigenvalue weighted by molar-refractivity contribution is 6.02. The van der Waals surface area contributed by atoms with E-state index in [9.17, 15) is 24.5 Å². The lowest BCUT2D eigenvalue weighted by atomic mass is 10.1. The molecule has 0 saturated carbocycles. The van der Waals surface area contributed by atoms with Crippen molar-refractivity contribution in [1.29, 1.82) is 0 Å². The van der Waals surface area contributed by atoms with Gasteiger partial charge in [0.1, 0.15) is 12.3 Å². The van der Waals surface area contributed by atoms with Gasteiger partial charge >= 0.3 is 5.97 Å². The number of hydrogen-bond acceptors (Lipinski definition) is 7. The number of ether oxygens (including phenoxy) is 2. The van der Waals surface area contributed by atoms with E-state index < -0.39 is 35.9 Å². The second-order valence-corrected chi connectivity index (χ2v) is 6.44. The number of nitrogens with zero attached hydrogens (tertiary/aromatic N) is 2. The fourth-order valence-corrected chi connectivity index (χ4v) is 2.86. The van der Waals surface area contributed by atoms with Crippen LogP contribution in [0, 0.1) is 10.1 Å². The monoisotopic (exact) mass is 413 g/mol. The van der Waals surface area contributed by atoms with Gasteiger partial charge in [0.2, 0.25) is 0 Å². The number of carbonyl (C=O) groups excluding carboxylic acids is 3. The largest absolute Gasteiger partial charge is 0.482 e. The second-order valence-electron chi connectivity index (χ2n) is 6.44. The van der Waals surface area contributed by atoms with Gasteiger partial charge < -0.3 is 14.8 Å². The minimum absolute atomic E-state index is 0.0956. The molecule has 0 saturated heterocycles. The van der Waals surface area contributed by atoms with Crippen LogP contribution in [-0.4, -0.2) is 42.5 Å². The zero-order chi connectivity index (χ0) is 21.7. The third kappa shape index (κ3) is 4.90. The number of aryl methyl sites for hydroxylation is 1. The summed E-state index contributed by atoms with van der Waals surface area (Å²) in [6, 6.07) is 11.0. The van der Waals surface area contributed by atoms with Crippen LogP contribution in [0.3, 0.4) is 0 Å². The van der Waals surface area contributed by atoms with Crippen molar-refractivity contribution in [1.82, 2.24) is 0 Å². The highest BCUT2D eigenvalue weighted by Gasteiger charge is 2.29. The van der Waals surface area contributed by atoms with Crippen LogP contribution in [0.25, 0.3) is 0 Å². The van der Waals surface area contributed by atoms with E-state index in [1.54, 1.807) is 12.1 Å². The highest BCUT2D eigenvalue weighted by Crippen LogP contribution is 2.35. The van der Waals surface area contributed by atoms with E-state index in [0.717, 1.165) is 23.0 Å². The van der Waals surface area contributed by atoms with Gasteiger partial charge in [-0.1, -0.05) is 19.1 Å². The predicted octanol–water partition coefficient (Wildman–Crippen LogP) is 2.06. The van der Waals surface area contributed by atoms with Crippen molar-refractivity contribution in [2.75, 3.05) is 30.0 Å². The summed E-state index contributed by atoms with van der Waals surface area (Å²) in [7, 11) is 0. The Labute approximate surface area is 171 Å². The van der Waals surface area contributed by atoms with E-state index in [4.69, 9.17) is 9.47 Å². The van der Waals surface area contributed by atoms with E-state index in [-0.39, 0.29) is 23.7 Å². The third-order valence-electron chi connectivity index (χ3n) is 4.37. The summed E-state index contributed by atoms with van der Waals surface area (Å²) in [6.07, 6.45) is 0.811. The molecule has 0 radical (unpaired) electrons. The molecule has 0 bridgehead atoms. The molecule has 0 aliphatic carbocycles. The Bertz CT molecular complexity index is 1010. The Morgan fingerprint density at radius 3 is 2.80 bits per heavy atom. The molecule has 1 N–H and O–H groups in total. The molecule has 2 aromatic rings. The predicted molar refractivity (Wildman–Crippen MR) is 106 cm³/mol. The highest BCUT2D eigenvalue weighted by atomic mass is 16.6. The van der Waals surface area contributed by atoms with Gasteiger partial charge in [-0.15, -0.1) is 0 Å². The normalized spacial score (nSPS) is 12.6. The number of rotatable bonds is 7. The molecule has 0 fully saturated rings. The van der Waals surface area contributed by atoms with Crippen molar-refractivity contribution in [3.63, 3.8) is 0 Å². The SMILES string of the molecule is CCc1cccc(NC(=O)COC(=O)CN2C(=O)COc3ccc([N+](=O)[O-])cc32)c1. The number of carbonyl (C=O) groups is 3. The Kier molecular flexibility index (Phi) is 6.26. The maximum atomic E-state index is 12.2. The minimum atomic E-state index is -0.833. The van der Waals surface area contributed by atoms with E-state index in [1.165, 1.54) is 12.1 Å². The molecule has 3 rings (SSSR count). The van der Waals surface area contributed by atoms with Crippen molar-refractivity contribution < 1.29 is 28.8 Å². The average molecular weight is 413 g/mol. The summed E-state index contributed by atoms with van der Waals surface area (Å²) in [4.78, 5) is 47.8. The number of nitro groups is 1.